The molecule has 1 aromatic heterocycles. The molecule has 1 aromatic carbocycles. The van der Waals surface area contributed by atoms with Crippen molar-refractivity contribution in [2.75, 3.05) is 13.6 Å². The van der Waals surface area contributed by atoms with E-state index in [1.54, 1.807) is 7.05 Å². The number of aliphatic imine (C=N–C) groups is 1. The van der Waals surface area contributed by atoms with E-state index in [1.165, 1.54) is 5.56 Å². The lowest BCUT2D eigenvalue weighted by atomic mass is 9.76. The minimum Gasteiger partial charge on any atom is -0.444 e. The topological polar surface area (TPSA) is 62.5 Å². The van der Waals surface area contributed by atoms with Gasteiger partial charge in [-0.3, -0.25) is 4.99 Å². The quantitative estimate of drug-likeness (QED) is 0.359. The molecular weight excluding hydrogens is 439 g/mol. The molecule has 2 aromatic rings. The molecule has 6 heteroatoms. The summed E-state index contributed by atoms with van der Waals surface area (Å²) in [5.41, 5.74) is 2.39. The van der Waals surface area contributed by atoms with Crippen LogP contribution in [0.1, 0.15) is 49.6 Å². The summed E-state index contributed by atoms with van der Waals surface area (Å²) in [7, 11) is 1.78. The maximum Gasteiger partial charge on any atom is 0.214 e. The smallest absolute Gasteiger partial charge is 0.214 e. The molecule has 0 atom stereocenters. The highest BCUT2D eigenvalue weighted by Crippen LogP contribution is 2.30. The summed E-state index contributed by atoms with van der Waals surface area (Å²) in [4.78, 5) is 8.72. The first-order valence-corrected chi connectivity index (χ1v) is 8.97. The van der Waals surface area contributed by atoms with Crippen LogP contribution in [0.3, 0.4) is 0 Å². The summed E-state index contributed by atoms with van der Waals surface area (Å²) in [6.07, 6.45) is 2.13. The van der Waals surface area contributed by atoms with Gasteiger partial charge in [-0.2, -0.15) is 0 Å². The number of benzene rings is 1. The largest absolute Gasteiger partial charge is 0.444 e. The minimum absolute atomic E-state index is 0. The van der Waals surface area contributed by atoms with Gasteiger partial charge in [-0.25, -0.2) is 4.98 Å². The highest BCUT2D eigenvalue weighted by atomic mass is 127. The maximum atomic E-state index is 5.61. The van der Waals surface area contributed by atoms with Crippen molar-refractivity contribution in [1.82, 2.24) is 15.6 Å². The molecule has 0 bridgehead atoms. The summed E-state index contributed by atoms with van der Waals surface area (Å²) in [6, 6.07) is 10.7. The van der Waals surface area contributed by atoms with Crippen molar-refractivity contribution < 1.29 is 4.42 Å². The van der Waals surface area contributed by atoms with Crippen LogP contribution in [0.15, 0.2) is 39.7 Å². The Balaban J connectivity index is 0.00000338. The van der Waals surface area contributed by atoms with E-state index in [9.17, 15) is 0 Å². The van der Waals surface area contributed by atoms with E-state index in [2.05, 4.69) is 64.8 Å². The van der Waals surface area contributed by atoms with Crippen LogP contribution < -0.4 is 10.6 Å². The van der Waals surface area contributed by atoms with Crippen molar-refractivity contribution in [3.63, 3.8) is 0 Å². The molecule has 0 spiro atoms. The molecule has 0 saturated heterocycles. The third kappa shape index (κ3) is 5.46. The zero-order chi connectivity index (χ0) is 18.3. The molecule has 26 heavy (non-hydrogen) atoms. The van der Waals surface area contributed by atoms with Crippen molar-refractivity contribution >= 4 is 29.9 Å². The van der Waals surface area contributed by atoms with Crippen LogP contribution in [0.5, 0.6) is 0 Å². The van der Waals surface area contributed by atoms with Gasteiger partial charge in [0.15, 0.2) is 5.96 Å². The number of aryl methyl sites for hydroxylation is 2. The molecule has 0 aliphatic carbocycles. The first kappa shape index (κ1) is 22.5. The first-order valence-electron chi connectivity index (χ1n) is 8.97. The number of oxazole rings is 1. The number of aromatic nitrogens is 1. The van der Waals surface area contributed by atoms with Crippen molar-refractivity contribution in [3.8, 4) is 0 Å². The predicted octanol–water partition coefficient (Wildman–Crippen LogP) is 4.33. The molecule has 0 unspecified atom stereocenters. The molecular formula is C20H31IN4O. The Morgan fingerprint density at radius 1 is 1.12 bits per heavy atom. The lowest BCUT2D eigenvalue weighted by Gasteiger charge is -2.33. The molecule has 0 aliphatic heterocycles. The molecule has 0 amide bonds. The van der Waals surface area contributed by atoms with Gasteiger partial charge in [-0.1, -0.05) is 44.2 Å². The number of nitrogens with zero attached hydrogens (tertiary/aromatic N) is 2. The van der Waals surface area contributed by atoms with Crippen LogP contribution in [0.4, 0.5) is 0 Å². The number of halogens is 1. The second-order valence-corrected chi connectivity index (χ2v) is 6.38. The van der Waals surface area contributed by atoms with Gasteiger partial charge in [0, 0.05) is 19.0 Å². The van der Waals surface area contributed by atoms with E-state index in [4.69, 9.17) is 4.42 Å². The lowest BCUT2D eigenvalue weighted by molar-refractivity contribution is 0.389. The van der Waals surface area contributed by atoms with Crippen molar-refractivity contribution in [2.45, 2.75) is 52.5 Å². The molecule has 5 nitrogen and oxygen atoms in total. The van der Waals surface area contributed by atoms with E-state index in [-0.39, 0.29) is 29.4 Å². The number of rotatable bonds is 7. The van der Waals surface area contributed by atoms with Gasteiger partial charge in [-0.05, 0) is 32.3 Å². The number of hydrogen-bond donors (Lipinski definition) is 2. The molecule has 0 aliphatic rings. The summed E-state index contributed by atoms with van der Waals surface area (Å²) >= 11 is 0. The fourth-order valence-electron chi connectivity index (χ4n) is 3.05. The molecule has 0 saturated carbocycles. The van der Waals surface area contributed by atoms with E-state index >= 15 is 0 Å². The monoisotopic (exact) mass is 470 g/mol. The fourth-order valence-corrected chi connectivity index (χ4v) is 3.05. The highest BCUT2D eigenvalue weighted by molar-refractivity contribution is 14.0. The second-order valence-electron chi connectivity index (χ2n) is 6.38. The van der Waals surface area contributed by atoms with Crippen LogP contribution >= 0.6 is 24.0 Å². The van der Waals surface area contributed by atoms with Gasteiger partial charge in [0.1, 0.15) is 5.76 Å². The Morgan fingerprint density at radius 2 is 1.77 bits per heavy atom. The molecule has 0 fully saturated rings. The average Bonchev–Trinajstić information content (AvgIpc) is 2.97. The first-order chi connectivity index (χ1) is 12.0. The predicted molar refractivity (Wildman–Crippen MR) is 118 cm³/mol. The third-order valence-corrected chi connectivity index (χ3v) is 5.04. The van der Waals surface area contributed by atoms with Gasteiger partial charge in [0.2, 0.25) is 5.89 Å². The second kappa shape index (κ2) is 10.5. The van der Waals surface area contributed by atoms with Crippen LogP contribution in [0, 0.1) is 13.8 Å². The molecule has 2 N–H and O–H groups in total. The average molecular weight is 470 g/mol. The number of hydrogen-bond acceptors (Lipinski definition) is 3. The maximum absolute atomic E-state index is 5.61. The van der Waals surface area contributed by atoms with Gasteiger partial charge in [-0.15, -0.1) is 24.0 Å². The fraction of sp³-hybridized carbons (Fsp3) is 0.500. The Kier molecular flexibility index (Phi) is 9.12. The van der Waals surface area contributed by atoms with E-state index in [1.807, 2.05) is 13.8 Å². The van der Waals surface area contributed by atoms with Crippen LogP contribution in [-0.2, 0) is 12.0 Å². The SMILES string of the molecule is CCC(CC)(CNC(=NC)NCc1nc(C)c(C)o1)c1ccccc1.I. The summed E-state index contributed by atoms with van der Waals surface area (Å²) in [5, 5.41) is 6.75. The van der Waals surface area contributed by atoms with Gasteiger partial charge in [0.05, 0.1) is 12.2 Å². The Bertz CT molecular complexity index is 674. The molecule has 1 heterocycles. The number of nitrogens with one attached hydrogen (secondary N) is 2. The van der Waals surface area contributed by atoms with E-state index in [0.717, 1.165) is 36.8 Å². The van der Waals surface area contributed by atoms with E-state index in [0.29, 0.717) is 12.4 Å². The Hall–Kier alpha value is -1.57. The van der Waals surface area contributed by atoms with Crippen LogP contribution in [0.2, 0.25) is 0 Å². The van der Waals surface area contributed by atoms with E-state index < -0.39 is 0 Å². The molecule has 144 valence electrons. The Morgan fingerprint density at radius 3 is 2.27 bits per heavy atom. The molecule has 0 radical (unpaired) electrons. The Labute approximate surface area is 174 Å². The summed E-state index contributed by atoms with van der Waals surface area (Å²) in [6.45, 7) is 9.71. The minimum atomic E-state index is 0. The zero-order valence-corrected chi connectivity index (χ0v) is 18.8. The molecule has 2 rings (SSSR count). The van der Waals surface area contributed by atoms with Gasteiger partial charge >= 0.3 is 0 Å². The van der Waals surface area contributed by atoms with Crippen molar-refractivity contribution in [3.05, 3.63) is 53.2 Å². The van der Waals surface area contributed by atoms with Crippen LogP contribution in [-0.4, -0.2) is 24.5 Å². The lowest BCUT2D eigenvalue weighted by Crippen LogP contribution is -2.45. The van der Waals surface area contributed by atoms with Crippen molar-refractivity contribution in [2.24, 2.45) is 4.99 Å². The van der Waals surface area contributed by atoms with Crippen molar-refractivity contribution in [1.29, 1.82) is 0 Å². The standard InChI is InChI=1S/C20H30N4O.HI/c1-6-20(7-2,17-11-9-8-10-12-17)14-23-19(21-5)22-13-18-24-15(3)16(4)25-18;/h8-12H,6-7,13-14H2,1-5H3,(H2,21,22,23);1H. The highest BCUT2D eigenvalue weighted by Gasteiger charge is 2.28. The van der Waals surface area contributed by atoms with Gasteiger partial charge in [0.25, 0.3) is 0 Å². The summed E-state index contributed by atoms with van der Waals surface area (Å²) < 4.78 is 5.61. The van der Waals surface area contributed by atoms with Gasteiger partial charge < -0.3 is 15.1 Å². The normalized spacial score (nSPS) is 11.8. The van der Waals surface area contributed by atoms with Crippen LogP contribution in [0.25, 0.3) is 0 Å². The third-order valence-electron chi connectivity index (χ3n) is 5.04. The summed E-state index contributed by atoms with van der Waals surface area (Å²) in [5.74, 6) is 2.30. The zero-order valence-electron chi connectivity index (χ0n) is 16.4. The number of guanidine groups is 1.